The number of carbonyl (C=O) groups is 1. The number of rotatable bonds is 7. The lowest BCUT2D eigenvalue weighted by Crippen LogP contribution is -2.25. The van der Waals surface area contributed by atoms with Gasteiger partial charge in [0.15, 0.2) is 0 Å². The van der Waals surface area contributed by atoms with E-state index in [0.29, 0.717) is 17.9 Å². The molecule has 0 aliphatic rings. The molecule has 138 valence electrons. The second-order valence-corrected chi connectivity index (χ2v) is 6.23. The molecule has 0 unspecified atom stereocenters. The zero-order valence-corrected chi connectivity index (χ0v) is 15.5. The van der Waals surface area contributed by atoms with Gasteiger partial charge in [0.1, 0.15) is 11.6 Å². The van der Waals surface area contributed by atoms with E-state index in [9.17, 15) is 4.79 Å². The molecule has 1 heterocycles. The smallest absolute Gasteiger partial charge is 0.252 e. The van der Waals surface area contributed by atoms with Crippen LogP contribution in [-0.2, 0) is 6.42 Å². The third-order valence-electron chi connectivity index (χ3n) is 4.27. The lowest BCUT2D eigenvalue weighted by Gasteiger charge is -2.09. The number of hydrogen-bond donors (Lipinski definition) is 2. The third-order valence-corrected chi connectivity index (χ3v) is 4.27. The lowest BCUT2D eigenvalue weighted by molar-refractivity contribution is 0.0954. The molecule has 0 spiro atoms. The van der Waals surface area contributed by atoms with E-state index in [1.807, 2.05) is 61.5 Å². The number of ether oxygens (including phenoxy) is 1. The first-order valence-electron chi connectivity index (χ1n) is 8.85. The largest absolute Gasteiger partial charge is 0.497 e. The first kappa shape index (κ1) is 18.5. The number of anilines is 2. The molecule has 2 aromatic carbocycles. The van der Waals surface area contributed by atoms with Gasteiger partial charge in [-0.25, -0.2) is 4.98 Å². The minimum absolute atomic E-state index is 0.132. The van der Waals surface area contributed by atoms with Crippen LogP contribution in [0.5, 0.6) is 5.75 Å². The van der Waals surface area contributed by atoms with Gasteiger partial charge in [-0.1, -0.05) is 30.3 Å². The fourth-order valence-electron chi connectivity index (χ4n) is 2.70. The van der Waals surface area contributed by atoms with Gasteiger partial charge in [-0.2, -0.15) is 0 Å². The molecule has 3 rings (SSSR count). The van der Waals surface area contributed by atoms with Crippen molar-refractivity contribution in [3.8, 4) is 5.75 Å². The van der Waals surface area contributed by atoms with E-state index < -0.39 is 0 Å². The number of pyridine rings is 1. The van der Waals surface area contributed by atoms with Crippen LogP contribution in [0.1, 0.15) is 21.5 Å². The van der Waals surface area contributed by atoms with Gasteiger partial charge in [0.2, 0.25) is 0 Å². The number of aryl methyl sites for hydroxylation is 1. The summed E-state index contributed by atoms with van der Waals surface area (Å²) in [5, 5.41) is 6.18. The number of nitrogens with one attached hydrogen (secondary N) is 2. The van der Waals surface area contributed by atoms with Crippen LogP contribution in [0.25, 0.3) is 0 Å². The normalized spacial score (nSPS) is 10.3. The molecular weight excluding hydrogens is 338 g/mol. The molecule has 0 saturated heterocycles. The lowest BCUT2D eigenvalue weighted by atomic mass is 10.1. The topological polar surface area (TPSA) is 63.2 Å². The molecule has 3 aromatic rings. The van der Waals surface area contributed by atoms with E-state index in [-0.39, 0.29) is 5.91 Å². The molecule has 5 nitrogen and oxygen atoms in total. The van der Waals surface area contributed by atoms with Crippen LogP contribution < -0.4 is 15.4 Å². The molecule has 5 heteroatoms. The van der Waals surface area contributed by atoms with Gasteiger partial charge in [-0.3, -0.25) is 4.79 Å². The molecule has 1 amide bonds. The van der Waals surface area contributed by atoms with Gasteiger partial charge in [0.25, 0.3) is 5.91 Å². The molecule has 2 N–H and O–H groups in total. The van der Waals surface area contributed by atoms with E-state index >= 15 is 0 Å². The minimum atomic E-state index is -0.132. The van der Waals surface area contributed by atoms with Crippen LogP contribution in [-0.4, -0.2) is 24.5 Å². The molecule has 0 saturated carbocycles. The Morgan fingerprint density at radius 2 is 1.93 bits per heavy atom. The van der Waals surface area contributed by atoms with E-state index in [0.717, 1.165) is 29.0 Å². The Kier molecular flexibility index (Phi) is 6.05. The van der Waals surface area contributed by atoms with Gasteiger partial charge >= 0.3 is 0 Å². The number of aromatic nitrogens is 1. The molecular formula is C22H23N3O2. The number of para-hydroxylation sites is 1. The zero-order chi connectivity index (χ0) is 19.1. The Morgan fingerprint density at radius 3 is 2.67 bits per heavy atom. The summed E-state index contributed by atoms with van der Waals surface area (Å²) in [6.07, 6.45) is 2.32. The SMILES string of the molecule is COc1cccc(CCNC(=O)c2ccc(Nc3ccccc3C)nc2)c1. The maximum absolute atomic E-state index is 12.3. The average molecular weight is 361 g/mol. The van der Waals surface area contributed by atoms with Crippen molar-refractivity contribution < 1.29 is 9.53 Å². The summed E-state index contributed by atoms with van der Waals surface area (Å²) in [4.78, 5) is 16.6. The summed E-state index contributed by atoms with van der Waals surface area (Å²) < 4.78 is 5.21. The van der Waals surface area contributed by atoms with Crippen LogP contribution in [0.3, 0.4) is 0 Å². The van der Waals surface area contributed by atoms with Gasteiger partial charge in [0.05, 0.1) is 12.7 Å². The summed E-state index contributed by atoms with van der Waals surface area (Å²) >= 11 is 0. The minimum Gasteiger partial charge on any atom is -0.497 e. The highest BCUT2D eigenvalue weighted by atomic mass is 16.5. The van der Waals surface area contributed by atoms with E-state index in [4.69, 9.17) is 4.74 Å². The quantitative estimate of drug-likeness (QED) is 0.665. The second kappa shape index (κ2) is 8.85. The van der Waals surface area contributed by atoms with Crippen LogP contribution in [0.4, 0.5) is 11.5 Å². The molecule has 1 aromatic heterocycles. The highest BCUT2D eigenvalue weighted by Gasteiger charge is 2.07. The molecule has 27 heavy (non-hydrogen) atoms. The molecule has 0 atom stereocenters. The molecule has 0 aliphatic heterocycles. The summed E-state index contributed by atoms with van der Waals surface area (Å²) in [6, 6.07) is 19.4. The fraction of sp³-hybridized carbons (Fsp3) is 0.182. The fourth-order valence-corrected chi connectivity index (χ4v) is 2.70. The van der Waals surface area contributed by atoms with E-state index in [1.165, 1.54) is 0 Å². The van der Waals surface area contributed by atoms with Crippen LogP contribution in [0.15, 0.2) is 66.9 Å². The van der Waals surface area contributed by atoms with Crippen molar-refractivity contribution >= 4 is 17.4 Å². The van der Waals surface area contributed by atoms with Crippen molar-refractivity contribution in [2.75, 3.05) is 19.0 Å². The summed E-state index contributed by atoms with van der Waals surface area (Å²) in [7, 11) is 1.64. The van der Waals surface area contributed by atoms with Crippen LogP contribution >= 0.6 is 0 Å². The summed E-state index contributed by atoms with van der Waals surface area (Å²) in [5.41, 5.74) is 3.79. The monoisotopic (exact) mass is 361 g/mol. The van der Waals surface area contributed by atoms with Crippen molar-refractivity contribution in [3.05, 3.63) is 83.6 Å². The number of benzene rings is 2. The Morgan fingerprint density at radius 1 is 1.07 bits per heavy atom. The van der Waals surface area contributed by atoms with Crippen molar-refractivity contribution in [1.82, 2.24) is 10.3 Å². The Labute approximate surface area is 159 Å². The summed E-state index contributed by atoms with van der Waals surface area (Å²) in [5.74, 6) is 1.39. The standard InChI is InChI=1S/C22H23N3O2/c1-16-6-3-4-9-20(16)25-21-11-10-18(15-24-21)22(26)23-13-12-17-7-5-8-19(14-17)27-2/h3-11,14-15H,12-13H2,1-2H3,(H,23,26)(H,24,25). The van der Waals surface area contributed by atoms with E-state index in [2.05, 4.69) is 15.6 Å². The molecule has 0 fully saturated rings. The predicted molar refractivity (Wildman–Crippen MR) is 108 cm³/mol. The highest BCUT2D eigenvalue weighted by Crippen LogP contribution is 2.18. The van der Waals surface area contributed by atoms with Crippen LogP contribution in [0.2, 0.25) is 0 Å². The van der Waals surface area contributed by atoms with Gasteiger partial charge in [-0.05, 0) is 54.8 Å². The number of amides is 1. The van der Waals surface area contributed by atoms with Crippen LogP contribution in [0, 0.1) is 6.92 Å². The second-order valence-electron chi connectivity index (χ2n) is 6.23. The summed E-state index contributed by atoms with van der Waals surface area (Å²) in [6.45, 7) is 2.59. The first-order valence-corrected chi connectivity index (χ1v) is 8.85. The van der Waals surface area contributed by atoms with Crippen molar-refractivity contribution in [2.24, 2.45) is 0 Å². The number of methoxy groups -OCH3 is 1. The maximum Gasteiger partial charge on any atom is 0.252 e. The molecule has 0 bridgehead atoms. The van der Waals surface area contributed by atoms with Crippen molar-refractivity contribution in [3.63, 3.8) is 0 Å². The maximum atomic E-state index is 12.3. The first-order chi connectivity index (χ1) is 13.2. The number of hydrogen-bond acceptors (Lipinski definition) is 4. The molecule has 0 aliphatic carbocycles. The van der Waals surface area contributed by atoms with Gasteiger partial charge in [0, 0.05) is 18.4 Å². The number of nitrogens with zero attached hydrogens (tertiary/aromatic N) is 1. The van der Waals surface area contributed by atoms with E-state index in [1.54, 1.807) is 19.4 Å². The van der Waals surface area contributed by atoms with Crippen molar-refractivity contribution in [2.45, 2.75) is 13.3 Å². The third kappa shape index (κ3) is 5.07. The predicted octanol–water partition coefficient (Wildman–Crippen LogP) is 4.11. The van der Waals surface area contributed by atoms with Gasteiger partial charge in [-0.15, -0.1) is 0 Å². The zero-order valence-electron chi connectivity index (χ0n) is 15.5. The molecule has 0 radical (unpaired) electrons. The highest BCUT2D eigenvalue weighted by molar-refractivity contribution is 5.94. The average Bonchev–Trinajstić information content (AvgIpc) is 2.70. The van der Waals surface area contributed by atoms with Crippen molar-refractivity contribution in [1.29, 1.82) is 0 Å². The Hall–Kier alpha value is -3.34. The Bertz CT molecular complexity index is 907. The number of carbonyl (C=O) groups excluding carboxylic acids is 1. The van der Waals surface area contributed by atoms with Gasteiger partial charge < -0.3 is 15.4 Å². The Balaban J connectivity index is 1.53.